The Morgan fingerprint density at radius 1 is 0.947 bits per heavy atom. The van der Waals surface area contributed by atoms with E-state index in [1.54, 1.807) is 19.2 Å². The second-order valence-electron chi connectivity index (χ2n) is 8.75. The van der Waals surface area contributed by atoms with Crippen LogP contribution in [0.3, 0.4) is 0 Å². The summed E-state index contributed by atoms with van der Waals surface area (Å²) in [6.07, 6.45) is 2.39. The number of hydrogen-bond donors (Lipinski definition) is 3. The predicted molar refractivity (Wildman–Crippen MR) is 145 cm³/mol. The fourth-order valence-electron chi connectivity index (χ4n) is 3.70. The summed E-state index contributed by atoms with van der Waals surface area (Å²) >= 11 is 0. The lowest BCUT2D eigenvalue weighted by atomic mass is 10.1. The van der Waals surface area contributed by atoms with Crippen molar-refractivity contribution in [3.8, 4) is 17.2 Å². The zero-order chi connectivity index (χ0) is 27.1. The minimum atomic E-state index is -0.777. The van der Waals surface area contributed by atoms with E-state index in [9.17, 15) is 9.59 Å². The number of carbonyl (C=O) groups is 2. The van der Waals surface area contributed by atoms with Gasteiger partial charge in [0.2, 0.25) is 5.91 Å². The lowest BCUT2D eigenvalue weighted by molar-refractivity contribution is -0.127. The minimum Gasteiger partial charge on any atom is -0.480 e. The molecule has 2 heterocycles. The maximum absolute atomic E-state index is 12.5. The Balaban J connectivity index is 1.50. The second-order valence-corrected chi connectivity index (χ2v) is 8.75. The second kappa shape index (κ2) is 12.0. The first kappa shape index (κ1) is 26.3. The largest absolute Gasteiger partial charge is 0.480 e. The third-order valence-corrected chi connectivity index (χ3v) is 5.65. The van der Waals surface area contributed by atoms with Crippen molar-refractivity contribution in [2.75, 3.05) is 18.4 Å². The number of aromatic nitrogens is 3. The van der Waals surface area contributed by atoms with Gasteiger partial charge in [-0.05, 0) is 68.8 Å². The molecule has 38 heavy (non-hydrogen) atoms. The Morgan fingerprint density at radius 2 is 1.76 bits per heavy atom. The fraction of sp³-hybridized carbons (Fsp3) is 0.250. The average molecular weight is 515 g/mol. The van der Waals surface area contributed by atoms with E-state index >= 15 is 0 Å². The SMILES string of the molecule is CC(=O)NCCNC(=O)C(C)Oc1cccc2ncnc(Nc3ccc(Oc4ccc(C)nc4)c(C)c3)c12. The lowest BCUT2D eigenvalue weighted by Gasteiger charge is -2.18. The molecule has 0 aliphatic heterocycles. The highest BCUT2D eigenvalue weighted by Gasteiger charge is 2.18. The molecule has 4 aromatic rings. The molecule has 2 aromatic heterocycles. The van der Waals surface area contributed by atoms with Crippen molar-refractivity contribution in [2.45, 2.75) is 33.8 Å². The summed E-state index contributed by atoms with van der Waals surface area (Å²) < 4.78 is 12.0. The molecule has 2 aromatic carbocycles. The van der Waals surface area contributed by atoms with Gasteiger partial charge in [0.05, 0.1) is 17.1 Å². The maximum atomic E-state index is 12.5. The molecule has 1 unspecified atom stereocenters. The Hall–Kier alpha value is -4.73. The van der Waals surface area contributed by atoms with Gasteiger partial charge in [0.1, 0.15) is 29.4 Å². The Kier molecular flexibility index (Phi) is 8.32. The molecule has 10 heteroatoms. The normalized spacial score (nSPS) is 11.5. The molecule has 0 fully saturated rings. The van der Waals surface area contributed by atoms with Gasteiger partial charge < -0.3 is 25.4 Å². The van der Waals surface area contributed by atoms with E-state index in [0.717, 1.165) is 22.7 Å². The lowest BCUT2D eigenvalue weighted by Crippen LogP contribution is -2.40. The Bertz CT molecular complexity index is 1440. The Morgan fingerprint density at radius 3 is 2.50 bits per heavy atom. The molecule has 0 aliphatic carbocycles. The van der Waals surface area contributed by atoms with Crippen molar-refractivity contribution in [1.82, 2.24) is 25.6 Å². The number of nitrogens with zero attached hydrogens (tertiary/aromatic N) is 3. The summed E-state index contributed by atoms with van der Waals surface area (Å²) in [6, 6.07) is 15.0. The molecular weight excluding hydrogens is 484 g/mol. The number of fused-ring (bicyclic) bond motifs is 1. The van der Waals surface area contributed by atoms with Crippen LogP contribution in [0, 0.1) is 13.8 Å². The van der Waals surface area contributed by atoms with Crippen molar-refractivity contribution in [3.05, 3.63) is 72.3 Å². The number of ether oxygens (including phenoxy) is 2. The van der Waals surface area contributed by atoms with Crippen LogP contribution in [0.4, 0.5) is 11.5 Å². The maximum Gasteiger partial charge on any atom is 0.260 e. The molecule has 0 spiro atoms. The highest BCUT2D eigenvalue weighted by Crippen LogP contribution is 2.33. The summed E-state index contributed by atoms with van der Waals surface area (Å²) in [5.41, 5.74) is 3.32. The van der Waals surface area contributed by atoms with Crippen LogP contribution in [0.15, 0.2) is 61.1 Å². The number of anilines is 2. The molecule has 0 bridgehead atoms. The number of pyridine rings is 1. The van der Waals surface area contributed by atoms with E-state index in [4.69, 9.17) is 9.47 Å². The first-order valence-electron chi connectivity index (χ1n) is 12.2. The molecule has 0 saturated heterocycles. The van der Waals surface area contributed by atoms with Crippen molar-refractivity contribution < 1.29 is 19.1 Å². The van der Waals surface area contributed by atoms with Crippen LogP contribution >= 0.6 is 0 Å². The third-order valence-electron chi connectivity index (χ3n) is 5.65. The van der Waals surface area contributed by atoms with Crippen LogP contribution < -0.4 is 25.4 Å². The number of nitrogens with one attached hydrogen (secondary N) is 3. The number of benzene rings is 2. The topological polar surface area (TPSA) is 127 Å². The highest BCUT2D eigenvalue weighted by molar-refractivity contribution is 5.96. The molecule has 2 amide bonds. The number of rotatable bonds is 10. The minimum absolute atomic E-state index is 0.153. The number of carbonyl (C=O) groups excluding carboxylic acids is 2. The predicted octanol–water partition coefficient (Wildman–Crippen LogP) is 4.20. The molecule has 0 aliphatic rings. The van der Waals surface area contributed by atoms with Gasteiger partial charge in [-0.2, -0.15) is 0 Å². The Labute approximate surface area is 220 Å². The molecule has 196 valence electrons. The molecular formula is C28H30N6O4. The average Bonchev–Trinajstić information content (AvgIpc) is 2.89. The van der Waals surface area contributed by atoms with Crippen molar-refractivity contribution in [3.63, 3.8) is 0 Å². The summed E-state index contributed by atoms with van der Waals surface area (Å²) in [4.78, 5) is 36.6. The molecule has 3 N–H and O–H groups in total. The zero-order valence-corrected chi connectivity index (χ0v) is 21.7. The van der Waals surface area contributed by atoms with Crippen LogP contribution in [-0.4, -0.2) is 46.0 Å². The standard InChI is InChI=1S/C28H30N6O4/c1-17-14-21(9-11-24(17)38-22-10-8-18(2)31-15-22)34-27-26-23(32-16-33-27)6-5-7-25(26)37-19(3)28(36)30-13-12-29-20(4)35/h5-11,14-16,19H,12-13H2,1-4H3,(H,29,35)(H,30,36)(H,32,33,34). The van der Waals surface area contributed by atoms with Gasteiger partial charge >= 0.3 is 0 Å². The van der Waals surface area contributed by atoms with Gasteiger partial charge in [-0.15, -0.1) is 0 Å². The molecule has 0 saturated carbocycles. The van der Waals surface area contributed by atoms with E-state index in [1.807, 2.05) is 56.3 Å². The van der Waals surface area contributed by atoms with Crippen molar-refractivity contribution in [2.24, 2.45) is 0 Å². The van der Waals surface area contributed by atoms with Gasteiger partial charge in [-0.3, -0.25) is 14.6 Å². The van der Waals surface area contributed by atoms with Crippen LogP contribution in [0.5, 0.6) is 17.2 Å². The summed E-state index contributed by atoms with van der Waals surface area (Å²) in [6.45, 7) is 7.62. The summed E-state index contributed by atoms with van der Waals surface area (Å²) in [5, 5.41) is 9.38. The van der Waals surface area contributed by atoms with E-state index in [0.29, 0.717) is 41.3 Å². The number of amides is 2. The van der Waals surface area contributed by atoms with Crippen LogP contribution in [0.2, 0.25) is 0 Å². The van der Waals surface area contributed by atoms with Gasteiger partial charge in [0.25, 0.3) is 5.91 Å². The molecule has 1 atom stereocenters. The van der Waals surface area contributed by atoms with E-state index in [1.165, 1.54) is 13.3 Å². The fourth-order valence-corrected chi connectivity index (χ4v) is 3.70. The van der Waals surface area contributed by atoms with Gasteiger partial charge in [0, 0.05) is 31.4 Å². The van der Waals surface area contributed by atoms with Gasteiger partial charge in [-0.25, -0.2) is 9.97 Å². The highest BCUT2D eigenvalue weighted by atomic mass is 16.5. The zero-order valence-electron chi connectivity index (χ0n) is 21.7. The van der Waals surface area contributed by atoms with Crippen molar-refractivity contribution in [1.29, 1.82) is 0 Å². The number of aryl methyl sites for hydroxylation is 2. The van der Waals surface area contributed by atoms with Gasteiger partial charge in [0.15, 0.2) is 6.10 Å². The monoisotopic (exact) mass is 514 g/mol. The summed E-state index contributed by atoms with van der Waals surface area (Å²) in [7, 11) is 0. The first-order chi connectivity index (χ1) is 18.3. The van der Waals surface area contributed by atoms with Crippen molar-refractivity contribution >= 4 is 34.2 Å². The van der Waals surface area contributed by atoms with E-state index in [-0.39, 0.29) is 11.8 Å². The quantitative estimate of drug-likeness (QED) is 0.269. The first-order valence-corrected chi connectivity index (χ1v) is 12.2. The molecule has 4 rings (SSSR count). The van der Waals surface area contributed by atoms with E-state index < -0.39 is 6.10 Å². The molecule has 10 nitrogen and oxygen atoms in total. The van der Waals surface area contributed by atoms with Gasteiger partial charge in [-0.1, -0.05) is 6.07 Å². The smallest absolute Gasteiger partial charge is 0.260 e. The number of hydrogen-bond acceptors (Lipinski definition) is 8. The van der Waals surface area contributed by atoms with Crippen LogP contribution in [0.25, 0.3) is 10.9 Å². The van der Waals surface area contributed by atoms with Crippen LogP contribution in [-0.2, 0) is 9.59 Å². The summed E-state index contributed by atoms with van der Waals surface area (Å²) in [5.74, 6) is 1.94. The van der Waals surface area contributed by atoms with Crippen LogP contribution in [0.1, 0.15) is 25.1 Å². The van der Waals surface area contributed by atoms with E-state index in [2.05, 4.69) is 30.9 Å². The third kappa shape index (κ3) is 6.73. The molecule has 0 radical (unpaired) electrons.